The third-order valence-electron chi connectivity index (χ3n) is 2.56. The summed E-state index contributed by atoms with van der Waals surface area (Å²) in [5, 5.41) is 7.17. The third-order valence-corrected chi connectivity index (χ3v) is 3.09. The number of nitrogen functional groups attached to an aromatic ring is 1. The topological polar surface area (TPSA) is 107 Å². The maximum Gasteiger partial charge on any atom is 0.257 e. The number of benzene rings is 1. The Balaban J connectivity index is 1.94. The van der Waals surface area contributed by atoms with Crippen molar-refractivity contribution in [2.75, 3.05) is 10.7 Å². The average molecular weight is 347 g/mol. The van der Waals surface area contributed by atoms with Crippen molar-refractivity contribution in [3.8, 4) is 5.95 Å². The normalized spacial score (nSPS) is 10.4. The molecule has 3 rings (SSSR count). The van der Waals surface area contributed by atoms with Gasteiger partial charge in [0.05, 0.1) is 0 Å². The Labute approximate surface area is 128 Å². The molecule has 2 heterocycles. The number of nitrogens with one attached hydrogen (secondary N) is 2. The maximum atomic E-state index is 5.39. The lowest BCUT2D eigenvalue weighted by Crippen LogP contribution is -2.15. The monoisotopic (exact) mass is 346 g/mol. The van der Waals surface area contributed by atoms with E-state index in [1.54, 1.807) is 18.5 Å². The summed E-state index contributed by atoms with van der Waals surface area (Å²) in [6, 6.07) is 9.41. The third kappa shape index (κ3) is 3.15. The average Bonchev–Trinajstić information content (AvgIpc) is 3.04. The standard InChI is InChI=1S/C12H11BrN8/c13-8-2-4-9(5-3-8)16-10-17-11(20-14)19-12(18-10)21-7-1-6-15-21/h1-7H,14H2,(H2,16,17,18,19,20). The van der Waals surface area contributed by atoms with Gasteiger partial charge in [0.25, 0.3) is 5.95 Å². The summed E-state index contributed by atoms with van der Waals surface area (Å²) in [6.45, 7) is 0. The van der Waals surface area contributed by atoms with Gasteiger partial charge in [0.2, 0.25) is 11.9 Å². The molecular formula is C12H11BrN8. The fourth-order valence-corrected chi connectivity index (χ4v) is 1.90. The first-order chi connectivity index (χ1) is 10.2. The Morgan fingerprint density at radius 1 is 1.05 bits per heavy atom. The molecule has 0 saturated heterocycles. The Bertz CT molecular complexity index is 726. The molecule has 2 aromatic heterocycles. The zero-order valence-electron chi connectivity index (χ0n) is 10.7. The predicted molar refractivity (Wildman–Crippen MR) is 82.2 cm³/mol. The van der Waals surface area contributed by atoms with E-state index in [4.69, 9.17) is 5.84 Å². The largest absolute Gasteiger partial charge is 0.324 e. The fourth-order valence-electron chi connectivity index (χ4n) is 1.64. The van der Waals surface area contributed by atoms with Gasteiger partial charge in [-0.15, -0.1) is 0 Å². The lowest BCUT2D eigenvalue weighted by atomic mass is 10.3. The summed E-state index contributed by atoms with van der Waals surface area (Å²) in [4.78, 5) is 12.6. The van der Waals surface area contributed by atoms with Crippen molar-refractivity contribution in [3.05, 3.63) is 47.2 Å². The molecule has 3 aromatic rings. The van der Waals surface area contributed by atoms with Crippen LogP contribution in [-0.2, 0) is 0 Å². The van der Waals surface area contributed by atoms with E-state index >= 15 is 0 Å². The summed E-state index contributed by atoms with van der Waals surface area (Å²) in [5.41, 5.74) is 3.26. The van der Waals surface area contributed by atoms with Crippen molar-refractivity contribution in [1.29, 1.82) is 0 Å². The van der Waals surface area contributed by atoms with E-state index in [9.17, 15) is 0 Å². The molecule has 8 nitrogen and oxygen atoms in total. The van der Waals surface area contributed by atoms with Crippen LogP contribution in [0.4, 0.5) is 17.6 Å². The molecule has 4 N–H and O–H groups in total. The van der Waals surface area contributed by atoms with E-state index in [0.29, 0.717) is 11.9 Å². The van der Waals surface area contributed by atoms with Crippen LogP contribution in [0.5, 0.6) is 0 Å². The molecule has 0 atom stereocenters. The second-order valence-electron chi connectivity index (χ2n) is 4.01. The van der Waals surface area contributed by atoms with Crippen molar-refractivity contribution < 1.29 is 0 Å². The van der Waals surface area contributed by atoms with Crippen molar-refractivity contribution in [1.82, 2.24) is 24.7 Å². The highest BCUT2D eigenvalue weighted by molar-refractivity contribution is 9.10. The van der Waals surface area contributed by atoms with Gasteiger partial charge in [-0.25, -0.2) is 10.5 Å². The van der Waals surface area contributed by atoms with Gasteiger partial charge in [-0.2, -0.15) is 20.1 Å². The molecule has 1 aromatic carbocycles. The molecule has 106 valence electrons. The Morgan fingerprint density at radius 3 is 2.48 bits per heavy atom. The molecule has 0 amide bonds. The molecule has 0 aliphatic rings. The van der Waals surface area contributed by atoms with Gasteiger partial charge < -0.3 is 5.32 Å². The van der Waals surface area contributed by atoms with E-state index in [2.05, 4.69) is 46.7 Å². The minimum atomic E-state index is 0.245. The van der Waals surface area contributed by atoms with Gasteiger partial charge in [-0.1, -0.05) is 15.9 Å². The van der Waals surface area contributed by atoms with Crippen LogP contribution >= 0.6 is 15.9 Å². The quantitative estimate of drug-likeness (QED) is 0.488. The van der Waals surface area contributed by atoms with E-state index in [1.807, 2.05) is 24.3 Å². The minimum Gasteiger partial charge on any atom is -0.324 e. The van der Waals surface area contributed by atoms with Gasteiger partial charge in [-0.05, 0) is 30.3 Å². The maximum absolute atomic E-state index is 5.39. The van der Waals surface area contributed by atoms with E-state index in [1.165, 1.54) is 4.68 Å². The molecule has 0 saturated carbocycles. The lowest BCUT2D eigenvalue weighted by molar-refractivity contribution is 0.799. The van der Waals surface area contributed by atoms with Gasteiger partial charge in [0, 0.05) is 22.6 Å². The molecule has 0 unspecified atom stereocenters. The van der Waals surface area contributed by atoms with Gasteiger partial charge in [0.1, 0.15) is 0 Å². The number of nitrogens with zero attached hydrogens (tertiary/aromatic N) is 5. The number of anilines is 3. The summed E-state index contributed by atoms with van der Waals surface area (Å²) in [5.74, 6) is 6.36. The SMILES string of the molecule is NNc1nc(Nc2ccc(Br)cc2)nc(-n2cccn2)n1. The highest BCUT2D eigenvalue weighted by atomic mass is 79.9. The highest BCUT2D eigenvalue weighted by Gasteiger charge is 2.08. The fraction of sp³-hybridized carbons (Fsp3) is 0. The Hall–Kier alpha value is -2.52. The molecule has 0 aliphatic carbocycles. The van der Waals surface area contributed by atoms with Crippen LogP contribution < -0.4 is 16.6 Å². The van der Waals surface area contributed by atoms with Crippen molar-refractivity contribution in [2.24, 2.45) is 5.84 Å². The molecule has 0 aliphatic heterocycles. The van der Waals surface area contributed by atoms with E-state index in [0.717, 1.165) is 10.2 Å². The van der Waals surface area contributed by atoms with Crippen LogP contribution in [0.3, 0.4) is 0 Å². The number of nitrogens with two attached hydrogens (primary N) is 1. The summed E-state index contributed by atoms with van der Waals surface area (Å²) in [6.07, 6.45) is 3.38. The zero-order valence-corrected chi connectivity index (χ0v) is 12.3. The second-order valence-corrected chi connectivity index (χ2v) is 4.93. The number of halogens is 1. The molecule has 21 heavy (non-hydrogen) atoms. The summed E-state index contributed by atoms with van der Waals surface area (Å²) >= 11 is 3.38. The van der Waals surface area contributed by atoms with Crippen LogP contribution in [0.2, 0.25) is 0 Å². The molecule has 0 fully saturated rings. The van der Waals surface area contributed by atoms with Crippen LogP contribution in [0.25, 0.3) is 5.95 Å². The number of hydrogen-bond acceptors (Lipinski definition) is 7. The molecule has 9 heteroatoms. The molecular weight excluding hydrogens is 336 g/mol. The van der Waals surface area contributed by atoms with Gasteiger partial charge in [-0.3, -0.25) is 5.43 Å². The minimum absolute atomic E-state index is 0.245. The van der Waals surface area contributed by atoms with Crippen molar-refractivity contribution >= 4 is 33.5 Å². The van der Waals surface area contributed by atoms with Crippen LogP contribution in [0, 0.1) is 0 Å². The molecule has 0 bridgehead atoms. The first-order valence-electron chi connectivity index (χ1n) is 6.00. The van der Waals surface area contributed by atoms with Gasteiger partial charge >= 0.3 is 0 Å². The van der Waals surface area contributed by atoms with Crippen LogP contribution in [0.15, 0.2) is 47.2 Å². The first kappa shape index (κ1) is 13.5. The van der Waals surface area contributed by atoms with Gasteiger partial charge in [0.15, 0.2) is 0 Å². The van der Waals surface area contributed by atoms with Crippen molar-refractivity contribution in [2.45, 2.75) is 0 Å². The highest BCUT2D eigenvalue weighted by Crippen LogP contribution is 2.18. The van der Waals surface area contributed by atoms with E-state index in [-0.39, 0.29) is 5.95 Å². The molecule has 0 radical (unpaired) electrons. The lowest BCUT2D eigenvalue weighted by Gasteiger charge is -2.08. The number of rotatable bonds is 4. The zero-order chi connectivity index (χ0) is 14.7. The predicted octanol–water partition coefficient (Wildman–Crippen LogP) is 1.85. The first-order valence-corrected chi connectivity index (χ1v) is 6.79. The number of hydrazine groups is 1. The Morgan fingerprint density at radius 2 is 1.81 bits per heavy atom. The van der Waals surface area contributed by atoms with Crippen LogP contribution in [0.1, 0.15) is 0 Å². The number of hydrogen-bond donors (Lipinski definition) is 3. The van der Waals surface area contributed by atoms with E-state index < -0.39 is 0 Å². The van der Waals surface area contributed by atoms with Crippen LogP contribution in [-0.4, -0.2) is 24.7 Å². The smallest absolute Gasteiger partial charge is 0.257 e. The number of aromatic nitrogens is 5. The molecule has 0 spiro atoms. The summed E-state index contributed by atoms with van der Waals surface area (Å²) < 4.78 is 2.51. The second kappa shape index (κ2) is 5.85. The Kier molecular flexibility index (Phi) is 3.75. The summed E-state index contributed by atoms with van der Waals surface area (Å²) in [7, 11) is 0. The van der Waals surface area contributed by atoms with Crippen molar-refractivity contribution in [3.63, 3.8) is 0 Å².